The van der Waals surface area contributed by atoms with Crippen molar-refractivity contribution in [2.75, 3.05) is 19.6 Å². The van der Waals surface area contributed by atoms with Gasteiger partial charge in [0.15, 0.2) is 0 Å². The molecule has 1 aliphatic rings. The maximum absolute atomic E-state index is 12.4. The maximum atomic E-state index is 12.4. The molecule has 0 bridgehead atoms. The SMILES string of the molecule is Cc1cccc(/C=C/C(=O)NCC2CCN(C(=O)C(F)(F)F)CC2)c1. The highest BCUT2D eigenvalue weighted by molar-refractivity contribution is 5.91. The van der Waals surface area contributed by atoms with Crippen molar-refractivity contribution >= 4 is 17.9 Å². The Labute approximate surface area is 144 Å². The Bertz CT molecular complexity index is 648. The van der Waals surface area contributed by atoms with Gasteiger partial charge in [0.25, 0.3) is 0 Å². The molecule has 1 heterocycles. The van der Waals surface area contributed by atoms with Crippen molar-refractivity contribution in [2.24, 2.45) is 5.92 Å². The van der Waals surface area contributed by atoms with E-state index < -0.39 is 12.1 Å². The normalized spacial score (nSPS) is 16.2. The van der Waals surface area contributed by atoms with Gasteiger partial charge in [-0.2, -0.15) is 13.2 Å². The van der Waals surface area contributed by atoms with Crippen LogP contribution in [0.1, 0.15) is 24.0 Å². The number of carbonyl (C=O) groups excluding carboxylic acids is 2. The highest BCUT2D eigenvalue weighted by Crippen LogP contribution is 2.23. The zero-order chi connectivity index (χ0) is 18.4. The number of nitrogens with one attached hydrogen (secondary N) is 1. The zero-order valence-corrected chi connectivity index (χ0v) is 14.0. The first kappa shape index (κ1) is 19.0. The second-order valence-electron chi connectivity index (χ2n) is 6.23. The topological polar surface area (TPSA) is 49.4 Å². The van der Waals surface area contributed by atoms with Crippen LogP contribution in [0, 0.1) is 12.8 Å². The van der Waals surface area contributed by atoms with Crippen LogP contribution in [0.2, 0.25) is 0 Å². The first-order chi connectivity index (χ1) is 11.8. The molecule has 0 atom stereocenters. The largest absolute Gasteiger partial charge is 0.471 e. The number of alkyl halides is 3. The predicted octanol–water partition coefficient (Wildman–Crippen LogP) is 2.93. The third-order valence-corrected chi connectivity index (χ3v) is 4.18. The van der Waals surface area contributed by atoms with Crippen LogP contribution < -0.4 is 5.32 Å². The molecule has 1 fully saturated rings. The Balaban J connectivity index is 1.74. The number of amides is 2. The first-order valence-electron chi connectivity index (χ1n) is 8.14. The van der Waals surface area contributed by atoms with E-state index in [9.17, 15) is 22.8 Å². The number of carbonyl (C=O) groups is 2. The van der Waals surface area contributed by atoms with Crippen LogP contribution in [0.3, 0.4) is 0 Å². The number of halogens is 3. The summed E-state index contributed by atoms with van der Waals surface area (Å²) in [6, 6.07) is 7.72. The molecule has 1 saturated heterocycles. The van der Waals surface area contributed by atoms with E-state index in [0.29, 0.717) is 19.4 Å². The number of hydrogen-bond donors (Lipinski definition) is 1. The standard InChI is InChI=1S/C18H21F3N2O2/c1-13-3-2-4-14(11-13)5-6-16(24)22-12-15-7-9-23(10-8-15)17(25)18(19,20)21/h2-6,11,15H,7-10,12H2,1H3,(H,22,24)/b6-5+. The van der Waals surface area contributed by atoms with Gasteiger partial charge in [0, 0.05) is 25.7 Å². The number of aryl methyl sites for hydroxylation is 1. The number of piperidine rings is 1. The van der Waals surface area contributed by atoms with Crippen molar-refractivity contribution in [3.05, 3.63) is 41.5 Å². The molecule has 0 saturated carbocycles. The fourth-order valence-corrected chi connectivity index (χ4v) is 2.77. The minimum Gasteiger partial charge on any atom is -0.352 e. The van der Waals surface area contributed by atoms with Crippen LogP contribution in [0.4, 0.5) is 13.2 Å². The van der Waals surface area contributed by atoms with E-state index in [2.05, 4.69) is 5.32 Å². The van der Waals surface area contributed by atoms with Crippen LogP contribution in [-0.2, 0) is 9.59 Å². The first-order valence-corrected chi connectivity index (χ1v) is 8.14. The third-order valence-electron chi connectivity index (χ3n) is 4.18. The third kappa shape index (κ3) is 5.92. The molecule has 25 heavy (non-hydrogen) atoms. The lowest BCUT2D eigenvalue weighted by atomic mass is 9.96. The molecule has 0 aromatic heterocycles. The van der Waals surface area contributed by atoms with E-state index >= 15 is 0 Å². The summed E-state index contributed by atoms with van der Waals surface area (Å²) in [6.45, 7) is 2.49. The average Bonchev–Trinajstić information content (AvgIpc) is 2.57. The van der Waals surface area contributed by atoms with Gasteiger partial charge in [-0.25, -0.2) is 0 Å². The van der Waals surface area contributed by atoms with E-state index in [-0.39, 0.29) is 24.9 Å². The Hall–Kier alpha value is -2.31. The van der Waals surface area contributed by atoms with Gasteiger partial charge in [0.1, 0.15) is 0 Å². The lowest BCUT2D eigenvalue weighted by Crippen LogP contribution is -2.46. The van der Waals surface area contributed by atoms with Crippen molar-refractivity contribution < 1.29 is 22.8 Å². The molecule has 1 aromatic rings. The van der Waals surface area contributed by atoms with Crippen LogP contribution in [0.25, 0.3) is 6.08 Å². The minimum atomic E-state index is -4.82. The van der Waals surface area contributed by atoms with Gasteiger partial charge in [0.05, 0.1) is 0 Å². The summed E-state index contributed by atoms with van der Waals surface area (Å²) in [7, 11) is 0. The van der Waals surface area contributed by atoms with Crippen molar-refractivity contribution in [1.82, 2.24) is 10.2 Å². The Morgan fingerprint density at radius 3 is 2.56 bits per heavy atom. The molecule has 0 unspecified atom stereocenters. The van der Waals surface area contributed by atoms with Gasteiger partial charge < -0.3 is 10.2 Å². The van der Waals surface area contributed by atoms with Gasteiger partial charge in [-0.1, -0.05) is 29.8 Å². The lowest BCUT2D eigenvalue weighted by Gasteiger charge is -2.32. The summed E-state index contributed by atoms with van der Waals surface area (Å²) >= 11 is 0. The molecule has 0 spiro atoms. The number of likely N-dealkylation sites (tertiary alicyclic amines) is 1. The van der Waals surface area contributed by atoms with Crippen LogP contribution >= 0.6 is 0 Å². The van der Waals surface area contributed by atoms with Crippen molar-refractivity contribution in [1.29, 1.82) is 0 Å². The lowest BCUT2D eigenvalue weighted by molar-refractivity contribution is -0.186. The van der Waals surface area contributed by atoms with Gasteiger partial charge in [-0.15, -0.1) is 0 Å². The Morgan fingerprint density at radius 2 is 1.96 bits per heavy atom. The van der Waals surface area contributed by atoms with Crippen molar-refractivity contribution in [2.45, 2.75) is 25.9 Å². The molecular weight excluding hydrogens is 333 g/mol. The number of rotatable bonds is 4. The highest BCUT2D eigenvalue weighted by atomic mass is 19.4. The van der Waals surface area contributed by atoms with Crippen LogP contribution in [0.5, 0.6) is 0 Å². The quantitative estimate of drug-likeness (QED) is 0.846. The van der Waals surface area contributed by atoms with E-state index in [1.807, 2.05) is 31.2 Å². The summed E-state index contributed by atoms with van der Waals surface area (Å²) in [6.07, 6.45) is -0.765. The summed E-state index contributed by atoms with van der Waals surface area (Å²) < 4.78 is 37.1. The van der Waals surface area contributed by atoms with Gasteiger partial charge >= 0.3 is 12.1 Å². The predicted molar refractivity (Wildman–Crippen MR) is 88.6 cm³/mol. The summed E-state index contributed by atoms with van der Waals surface area (Å²) in [5.74, 6) is -1.94. The Kier molecular flexibility index (Phi) is 6.22. The van der Waals surface area contributed by atoms with E-state index in [1.54, 1.807) is 6.08 Å². The van der Waals surface area contributed by atoms with E-state index in [4.69, 9.17) is 0 Å². The highest BCUT2D eigenvalue weighted by Gasteiger charge is 2.43. The fraction of sp³-hybridized carbons (Fsp3) is 0.444. The Morgan fingerprint density at radius 1 is 1.28 bits per heavy atom. The molecule has 136 valence electrons. The molecule has 2 rings (SSSR count). The van der Waals surface area contributed by atoms with E-state index in [1.165, 1.54) is 6.08 Å². The minimum absolute atomic E-state index is 0.0675. The number of nitrogens with zero attached hydrogens (tertiary/aromatic N) is 1. The van der Waals surface area contributed by atoms with Crippen molar-refractivity contribution in [3.63, 3.8) is 0 Å². The maximum Gasteiger partial charge on any atom is 0.471 e. The molecule has 1 aliphatic heterocycles. The summed E-state index contributed by atoms with van der Waals surface area (Å²) in [5.41, 5.74) is 2.02. The van der Waals surface area contributed by atoms with Gasteiger partial charge in [-0.3, -0.25) is 9.59 Å². The van der Waals surface area contributed by atoms with Crippen LogP contribution in [-0.4, -0.2) is 42.5 Å². The van der Waals surface area contributed by atoms with Crippen molar-refractivity contribution in [3.8, 4) is 0 Å². The summed E-state index contributed by atoms with van der Waals surface area (Å²) in [5, 5.41) is 2.76. The molecule has 0 aliphatic carbocycles. The molecule has 0 radical (unpaired) electrons. The van der Waals surface area contributed by atoms with Gasteiger partial charge in [-0.05, 0) is 37.3 Å². The second kappa shape index (κ2) is 8.18. The average molecular weight is 354 g/mol. The monoisotopic (exact) mass is 354 g/mol. The number of benzene rings is 1. The molecule has 7 heteroatoms. The fourth-order valence-electron chi connectivity index (χ4n) is 2.77. The van der Waals surface area contributed by atoms with Gasteiger partial charge in [0.2, 0.25) is 5.91 Å². The smallest absolute Gasteiger partial charge is 0.352 e. The summed E-state index contributed by atoms with van der Waals surface area (Å²) in [4.78, 5) is 23.8. The molecular formula is C18H21F3N2O2. The molecule has 1 aromatic carbocycles. The zero-order valence-electron chi connectivity index (χ0n) is 14.0. The molecule has 4 nitrogen and oxygen atoms in total. The molecule has 2 amide bonds. The van der Waals surface area contributed by atoms with Crippen LogP contribution in [0.15, 0.2) is 30.3 Å². The second-order valence-corrected chi connectivity index (χ2v) is 6.23. The van der Waals surface area contributed by atoms with E-state index in [0.717, 1.165) is 16.0 Å². The molecule has 1 N–H and O–H groups in total. The number of hydrogen-bond acceptors (Lipinski definition) is 2.